The highest BCUT2D eigenvalue weighted by Crippen LogP contribution is 2.24. The summed E-state index contributed by atoms with van der Waals surface area (Å²) in [6, 6.07) is 6.74. The van der Waals surface area contributed by atoms with Crippen LogP contribution in [0.1, 0.15) is 46.1 Å². The lowest BCUT2D eigenvalue weighted by Gasteiger charge is -2.34. The summed E-state index contributed by atoms with van der Waals surface area (Å²) < 4.78 is 18.9. The SMILES string of the molecule is CCNC(=NCC(C)(C)c1ccc(F)cc1)N1CCC(OCC)CC1.I. The molecule has 0 bridgehead atoms. The van der Waals surface area contributed by atoms with E-state index in [1.165, 1.54) is 12.1 Å². The van der Waals surface area contributed by atoms with E-state index in [2.05, 4.69) is 37.9 Å². The van der Waals surface area contributed by atoms with Crippen molar-refractivity contribution in [2.75, 3.05) is 32.8 Å². The number of piperidine rings is 1. The number of nitrogens with one attached hydrogen (secondary N) is 1. The molecule has 1 aliphatic heterocycles. The van der Waals surface area contributed by atoms with Crippen molar-refractivity contribution < 1.29 is 9.13 Å². The van der Waals surface area contributed by atoms with Crippen molar-refractivity contribution in [1.82, 2.24) is 10.2 Å². The summed E-state index contributed by atoms with van der Waals surface area (Å²) in [5.41, 5.74) is 0.960. The Balaban J connectivity index is 0.00000338. The number of hydrogen-bond donors (Lipinski definition) is 1. The smallest absolute Gasteiger partial charge is 0.193 e. The molecule has 0 saturated carbocycles. The van der Waals surface area contributed by atoms with Gasteiger partial charge >= 0.3 is 0 Å². The van der Waals surface area contributed by atoms with Gasteiger partial charge in [-0.2, -0.15) is 0 Å². The largest absolute Gasteiger partial charge is 0.378 e. The molecule has 2 rings (SSSR count). The number of hydrogen-bond acceptors (Lipinski definition) is 2. The fraction of sp³-hybridized carbons (Fsp3) is 0.650. The maximum Gasteiger partial charge on any atom is 0.193 e. The normalized spacial score (nSPS) is 16.3. The Hall–Kier alpha value is -0.890. The predicted molar refractivity (Wildman–Crippen MR) is 117 cm³/mol. The molecule has 0 aliphatic carbocycles. The van der Waals surface area contributed by atoms with Gasteiger partial charge in [0.05, 0.1) is 12.6 Å². The fourth-order valence-corrected chi connectivity index (χ4v) is 3.16. The highest BCUT2D eigenvalue weighted by Gasteiger charge is 2.24. The first-order valence-electron chi connectivity index (χ1n) is 9.37. The van der Waals surface area contributed by atoms with E-state index in [0.717, 1.165) is 50.6 Å². The molecule has 0 amide bonds. The van der Waals surface area contributed by atoms with Gasteiger partial charge in [0.2, 0.25) is 0 Å². The van der Waals surface area contributed by atoms with E-state index >= 15 is 0 Å². The number of ether oxygens (including phenoxy) is 1. The Morgan fingerprint density at radius 1 is 1.23 bits per heavy atom. The van der Waals surface area contributed by atoms with Crippen LogP contribution in [0.15, 0.2) is 29.3 Å². The molecule has 1 saturated heterocycles. The molecule has 148 valence electrons. The van der Waals surface area contributed by atoms with Gasteiger partial charge in [0.25, 0.3) is 0 Å². The molecular weight excluding hydrogens is 444 g/mol. The minimum atomic E-state index is -0.200. The summed E-state index contributed by atoms with van der Waals surface area (Å²) in [7, 11) is 0. The lowest BCUT2D eigenvalue weighted by Crippen LogP contribution is -2.47. The number of rotatable bonds is 6. The molecule has 1 fully saturated rings. The Morgan fingerprint density at radius 3 is 2.38 bits per heavy atom. The highest BCUT2D eigenvalue weighted by molar-refractivity contribution is 14.0. The van der Waals surface area contributed by atoms with E-state index in [1.54, 1.807) is 0 Å². The number of likely N-dealkylation sites (tertiary alicyclic amines) is 1. The number of aliphatic imine (C=N–C) groups is 1. The van der Waals surface area contributed by atoms with Crippen molar-refractivity contribution in [2.24, 2.45) is 4.99 Å². The van der Waals surface area contributed by atoms with Gasteiger partial charge in [-0.05, 0) is 44.4 Å². The van der Waals surface area contributed by atoms with Crippen LogP contribution in [0.5, 0.6) is 0 Å². The first kappa shape index (κ1) is 23.1. The van der Waals surface area contributed by atoms with E-state index in [4.69, 9.17) is 9.73 Å². The standard InChI is InChI=1S/C20H32FN3O.HI/c1-5-22-19(24-13-11-18(12-14-24)25-6-2)23-15-20(3,4)16-7-9-17(21)10-8-16;/h7-10,18H,5-6,11-15H2,1-4H3,(H,22,23);1H. The average molecular weight is 477 g/mol. The van der Waals surface area contributed by atoms with E-state index in [-0.39, 0.29) is 35.2 Å². The van der Waals surface area contributed by atoms with Gasteiger partial charge in [-0.3, -0.25) is 4.99 Å². The van der Waals surface area contributed by atoms with Gasteiger partial charge < -0.3 is 15.0 Å². The van der Waals surface area contributed by atoms with Crippen molar-refractivity contribution in [3.63, 3.8) is 0 Å². The van der Waals surface area contributed by atoms with Gasteiger partial charge in [0.1, 0.15) is 5.82 Å². The van der Waals surface area contributed by atoms with Crippen molar-refractivity contribution in [3.05, 3.63) is 35.6 Å². The lowest BCUT2D eigenvalue weighted by molar-refractivity contribution is 0.0263. The minimum Gasteiger partial charge on any atom is -0.378 e. The molecule has 0 atom stereocenters. The minimum absolute atomic E-state index is 0. The molecule has 1 N–H and O–H groups in total. The molecule has 1 heterocycles. The number of guanidine groups is 1. The third kappa shape index (κ3) is 6.68. The molecule has 0 spiro atoms. The molecule has 0 aromatic heterocycles. The van der Waals surface area contributed by atoms with Crippen molar-refractivity contribution in [1.29, 1.82) is 0 Å². The summed E-state index contributed by atoms with van der Waals surface area (Å²) in [6.45, 7) is 12.7. The molecule has 4 nitrogen and oxygen atoms in total. The molecule has 26 heavy (non-hydrogen) atoms. The second kappa shape index (κ2) is 11.1. The van der Waals surface area contributed by atoms with Crippen molar-refractivity contribution in [2.45, 2.75) is 52.1 Å². The van der Waals surface area contributed by atoms with Crippen LogP contribution in [-0.4, -0.2) is 49.7 Å². The maximum atomic E-state index is 13.2. The second-order valence-corrected chi connectivity index (χ2v) is 7.20. The predicted octanol–water partition coefficient (Wildman–Crippen LogP) is 4.19. The second-order valence-electron chi connectivity index (χ2n) is 7.20. The van der Waals surface area contributed by atoms with Gasteiger partial charge in [0.15, 0.2) is 5.96 Å². The van der Waals surface area contributed by atoms with Crippen LogP contribution in [0.3, 0.4) is 0 Å². The van der Waals surface area contributed by atoms with Gasteiger partial charge in [-0.1, -0.05) is 26.0 Å². The molecule has 0 radical (unpaired) electrons. The van der Waals surface area contributed by atoms with E-state index in [0.29, 0.717) is 12.6 Å². The summed E-state index contributed by atoms with van der Waals surface area (Å²) in [5.74, 6) is 0.765. The number of halogens is 2. The molecule has 6 heteroatoms. The van der Waals surface area contributed by atoms with E-state index in [9.17, 15) is 4.39 Å². The summed E-state index contributed by atoms with van der Waals surface area (Å²) >= 11 is 0. The summed E-state index contributed by atoms with van der Waals surface area (Å²) in [5, 5.41) is 3.41. The van der Waals surface area contributed by atoms with Crippen molar-refractivity contribution >= 4 is 29.9 Å². The maximum absolute atomic E-state index is 13.2. The zero-order valence-corrected chi connectivity index (χ0v) is 18.8. The van der Waals surface area contributed by atoms with E-state index < -0.39 is 0 Å². The molecule has 1 aromatic rings. The van der Waals surface area contributed by atoms with Gasteiger partial charge in [0, 0.05) is 31.7 Å². The zero-order valence-electron chi connectivity index (χ0n) is 16.4. The average Bonchev–Trinajstić information content (AvgIpc) is 2.60. The Kier molecular flexibility index (Phi) is 9.85. The van der Waals surface area contributed by atoms with Crippen LogP contribution < -0.4 is 5.32 Å². The van der Waals surface area contributed by atoms with Crippen LogP contribution in [0.25, 0.3) is 0 Å². The molecule has 1 aliphatic rings. The third-order valence-corrected chi connectivity index (χ3v) is 4.73. The third-order valence-electron chi connectivity index (χ3n) is 4.73. The van der Waals surface area contributed by atoms with Crippen molar-refractivity contribution in [3.8, 4) is 0 Å². The lowest BCUT2D eigenvalue weighted by atomic mass is 9.85. The Bertz CT molecular complexity index is 555. The molecular formula is C20H33FIN3O. The number of benzene rings is 1. The Labute approximate surface area is 174 Å². The Morgan fingerprint density at radius 2 is 1.85 bits per heavy atom. The van der Waals surface area contributed by atoms with Crippen LogP contribution in [0.4, 0.5) is 4.39 Å². The van der Waals surface area contributed by atoms with Crippen LogP contribution in [-0.2, 0) is 10.2 Å². The fourth-order valence-electron chi connectivity index (χ4n) is 3.16. The first-order valence-corrected chi connectivity index (χ1v) is 9.37. The van der Waals surface area contributed by atoms with Gasteiger partial charge in [-0.15, -0.1) is 24.0 Å². The van der Waals surface area contributed by atoms with Gasteiger partial charge in [-0.25, -0.2) is 4.39 Å². The van der Waals surface area contributed by atoms with E-state index in [1.807, 2.05) is 12.1 Å². The number of nitrogens with zero attached hydrogens (tertiary/aromatic N) is 2. The monoisotopic (exact) mass is 477 g/mol. The first-order chi connectivity index (χ1) is 12.0. The topological polar surface area (TPSA) is 36.9 Å². The highest BCUT2D eigenvalue weighted by atomic mass is 127. The zero-order chi connectivity index (χ0) is 18.3. The quantitative estimate of drug-likeness (QED) is 0.380. The summed E-state index contributed by atoms with van der Waals surface area (Å²) in [4.78, 5) is 7.19. The molecule has 1 aromatic carbocycles. The van der Waals surface area contributed by atoms with Crippen LogP contribution in [0.2, 0.25) is 0 Å². The van der Waals surface area contributed by atoms with Crippen LogP contribution >= 0.6 is 24.0 Å². The van der Waals surface area contributed by atoms with Crippen LogP contribution in [0, 0.1) is 5.82 Å². The summed E-state index contributed by atoms with van der Waals surface area (Å²) in [6.07, 6.45) is 2.46. The molecule has 0 unspecified atom stereocenters.